The van der Waals surface area contributed by atoms with E-state index in [1.165, 1.54) is 7.11 Å². The molecule has 1 aromatic heterocycles. The van der Waals surface area contributed by atoms with Crippen molar-refractivity contribution < 1.29 is 18.3 Å². The molecule has 3 rings (SSSR count). The Balaban J connectivity index is 0.000000239. The Hall–Kier alpha value is -1.01. The van der Waals surface area contributed by atoms with Gasteiger partial charge in [0, 0.05) is 13.0 Å². The summed E-state index contributed by atoms with van der Waals surface area (Å²) in [4.78, 5) is 13.5. The highest BCUT2D eigenvalue weighted by molar-refractivity contribution is 7.07. The molecule has 0 spiro atoms. The van der Waals surface area contributed by atoms with Crippen molar-refractivity contribution in [1.29, 1.82) is 0 Å². The van der Waals surface area contributed by atoms with E-state index < -0.39 is 11.7 Å². The molecule has 2 fully saturated rings. The number of hydrogen-bond donors (Lipinski definition) is 0. The van der Waals surface area contributed by atoms with Gasteiger partial charge in [0.05, 0.1) is 14.3 Å². The van der Waals surface area contributed by atoms with E-state index in [1.54, 1.807) is 11.3 Å². The number of halogens is 2. The minimum atomic E-state index is -0.862. The van der Waals surface area contributed by atoms with E-state index in [0.29, 0.717) is 20.1 Å². The molecule has 0 amide bonds. The Labute approximate surface area is 122 Å². The average Bonchev–Trinajstić information content (AvgIpc) is 3.17. The number of rotatable bonds is 1. The molecular formula is C14H21F2NO2S. The summed E-state index contributed by atoms with van der Waals surface area (Å²) in [6.07, 6.45) is 1.18. The quantitative estimate of drug-likeness (QED) is 0.747. The highest BCUT2D eigenvalue weighted by Gasteiger charge is 2.54. The third-order valence-corrected chi connectivity index (χ3v) is 4.22. The summed E-state index contributed by atoms with van der Waals surface area (Å²) >= 11 is 1.71. The van der Waals surface area contributed by atoms with Crippen molar-refractivity contribution in [3.63, 3.8) is 0 Å². The predicted molar refractivity (Wildman–Crippen MR) is 76.4 cm³/mol. The second-order valence-electron chi connectivity index (χ2n) is 4.67. The SMILES string of the molecule is CF.COC(=O)[C@@]12CCCN1C[C@@H](F)C2.c1ccsc1. The molecule has 0 unspecified atom stereocenters. The van der Waals surface area contributed by atoms with Crippen LogP contribution >= 0.6 is 11.3 Å². The number of alkyl halides is 2. The van der Waals surface area contributed by atoms with Crippen LogP contribution in [0, 0.1) is 0 Å². The highest BCUT2D eigenvalue weighted by Crippen LogP contribution is 2.40. The van der Waals surface area contributed by atoms with Gasteiger partial charge in [-0.05, 0) is 30.1 Å². The smallest absolute Gasteiger partial charge is 0.326 e. The van der Waals surface area contributed by atoms with Crippen LogP contribution in [0.4, 0.5) is 8.78 Å². The molecule has 0 saturated carbocycles. The highest BCUT2D eigenvalue weighted by atomic mass is 32.1. The van der Waals surface area contributed by atoms with Gasteiger partial charge in [0.15, 0.2) is 0 Å². The largest absolute Gasteiger partial charge is 0.468 e. The van der Waals surface area contributed by atoms with Crippen molar-refractivity contribution in [3.05, 3.63) is 22.9 Å². The van der Waals surface area contributed by atoms with Crippen LogP contribution in [0.5, 0.6) is 0 Å². The molecule has 2 saturated heterocycles. The van der Waals surface area contributed by atoms with Crippen molar-refractivity contribution in [3.8, 4) is 0 Å². The molecule has 20 heavy (non-hydrogen) atoms. The van der Waals surface area contributed by atoms with Crippen molar-refractivity contribution >= 4 is 17.3 Å². The van der Waals surface area contributed by atoms with Gasteiger partial charge in [-0.3, -0.25) is 14.1 Å². The summed E-state index contributed by atoms with van der Waals surface area (Å²) in [7, 11) is 1.87. The molecule has 3 nitrogen and oxygen atoms in total. The van der Waals surface area contributed by atoms with Gasteiger partial charge < -0.3 is 4.74 Å². The number of nitrogens with zero attached hydrogens (tertiary/aromatic N) is 1. The maximum absolute atomic E-state index is 13.1. The van der Waals surface area contributed by atoms with Crippen LogP contribution in [0.2, 0.25) is 0 Å². The molecule has 6 heteroatoms. The zero-order chi connectivity index (χ0) is 15.0. The number of carbonyl (C=O) groups excluding carboxylic acids is 1. The second-order valence-corrected chi connectivity index (χ2v) is 5.48. The topological polar surface area (TPSA) is 29.5 Å². The monoisotopic (exact) mass is 305 g/mol. The number of fused-ring (bicyclic) bond motifs is 1. The molecule has 1 aromatic rings. The van der Waals surface area contributed by atoms with E-state index in [4.69, 9.17) is 4.74 Å². The maximum Gasteiger partial charge on any atom is 0.326 e. The normalized spacial score (nSPS) is 27.7. The molecule has 0 bridgehead atoms. The number of esters is 1. The van der Waals surface area contributed by atoms with Crippen molar-refractivity contribution in [2.45, 2.75) is 31.0 Å². The van der Waals surface area contributed by atoms with Crippen molar-refractivity contribution in [2.75, 3.05) is 27.4 Å². The summed E-state index contributed by atoms with van der Waals surface area (Å²) in [6.45, 7) is 1.23. The minimum absolute atomic E-state index is 0.259. The van der Waals surface area contributed by atoms with Crippen LogP contribution in [0.25, 0.3) is 0 Å². The fraction of sp³-hybridized carbons (Fsp3) is 0.643. The summed E-state index contributed by atoms with van der Waals surface area (Å²) in [6, 6.07) is 4.04. The summed E-state index contributed by atoms with van der Waals surface area (Å²) < 4.78 is 27.4. The third kappa shape index (κ3) is 3.76. The van der Waals surface area contributed by atoms with E-state index in [1.807, 2.05) is 27.8 Å². The predicted octanol–water partition coefficient (Wildman–Crippen LogP) is 3.07. The fourth-order valence-electron chi connectivity index (χ4n) is 2.83. The second kappa shape index (κ2) is 8.32. The van der Waals surface area contributed by atoms with E-state index in [0.717, 1.165) is 19.4 Å². The van der Waals surface area contributed by atoms with Gasteiger partial charge >= 0.3 is 5.97 Å². The number of thiophene rings is 1. The zero-order valence-corrected chi connectivity index (χ0v) is 12.7. The summed E-state index contributed by atoms with van der Waals surface area (Å²) in [5.41, 5.74) is -0.617. The molecule has 2 atom stereocenters. The molecule has 0 N–H and O–H groups in total. The van der Waals surface area contributed by atoms with Crippen LogP contribution in [0.1, 0.15) is 19.3 Å². The Morgan fingerprint density at radius 3 is 2.55 bits per heavy atom. The maximum atomic E-state index is 13.1. The molecule has 0 aliphatic carbocycles. The van der Waals surface area contributed by atoms with Crippen LogP contribution in [-0.4, -0.2) is 50.0 Å². The molecule has 3 heterocycles. The molecule has 0 aromatic carbocycles. The lowest BCUT2D eigenvalue weighted by molar-refractivity contribution is -0.151. The lowest BCUT2D eigenvalue weighted by Gasteiger charge is -2.27. The standard InChI is InChI=1S/C9H14FNO2.C4H4S.CH3F/c1-13-8(12)9-3-2-4-11(9)6-7(10)5-9;1-2-4-5-3-1;1-2/h7H,2-6H2,1H3;1-4H;1H3/t7-,9-;;/m0../s1. The molecule has 2 aliphatic heterocycles. The van der Waals surface area contributed by atoms with Crippen LogP contribution < -0.4 is 0 Å². The molecule has 114 valence electrons. The lowest BCUT2D eigenvalue weighted by atomic mass is 9.94. The van der Waals surface area contributed by atoms with Gasteiger partial charge in [-0.15, -0.1) is 0 Å². The minimum Gasteiger partial charge on any atom is -0.468 e. The van der Waals surface area contributed by atoms with Gasteiger partial charge in [0.25, 0.3) is 0 Å². The number of methoxy groups -OCH3 is 1. The fourth-order valence-corrected chi connectivity index (χ4v) is 3.29. The van der Waals surface area contributed by atoms with Gasteiger partial charge in [-0.25, -0.2) is 4.39 Å². The van der Waals surface area contributed by atoms with E-state index in [-0.39, 0.29) is 5.97 Å². The lowest BCUT2D eigenvalue weighted by Crippen LogP contribution is -2.46. The Kier molecular flexibility index (Phi) is 7.09. The molecular weight excluding hydrogens is 284 g/mol. The van der Waals surface area contributed by atoms with Crippen LogP contribution in [0.15, 0.2) is 22.9 Å². The molecule has 2 aliphatic rings. The molecule has 0 radical (unpaired) electrons. The Bertz CT molecular complexity index is 371. The first-order valence-electron chi connectivity index (χ1n) is 6.51. The first kappa shape index (κ1) is 17.0. The average molecular weight is 305 g/mol. The van der Waals surface area contributed by atoms with E-state index in [2.05, 4.69) is 0 Å². The number of carbonyl (C=O) groups is 1. The van der Waals surface area contributed by atoms with Gasteiger partial charge in [0.2, 0.25) is 0 Å². The summed E-state index contributed by atoms with van der Waals surface area (Å²) in [5.74, 6) is -0.259. The Morgan fingerprint density at radius 1 is 1.40 bits per heavy atom. The first-order valence-corrected chi connectivity index (χ1v) is 7.46. The van der Waals surface area contributed by atoms with Gasteiger partial charge in [-0.1, -0.05) is 12.1 Å². The third-order valence-electron chi connectivity index (χ3n) is 3.59. The van der Waals surface area contributed by atoms with E-state index in [9.17, 15) is 13.6 Å². The first-order chi connectivity index (χ1) is 9.69. The zero-order valence-electron chi connectivity index (χ0n) is 11.9. The number of ether oxygens (including phenoxy) is 1. The van der Waals surface area contributed by atoms with Crippen molar-refractivity contribution in [1.82, 2.24) is 4.90 Å². The van der Waals surface area contributed by atoms with Crippen LogP contribution in [0.3, 0.4) is 0 Å². The van der Waals surface area contributed by atoms with Crippen molar-refractivity contribution in [2.24, 2.45) is 0 Å². The van der Waals surface area contributed by atoms with E-state index >= 15 is 0 Å². The van der Waals surface area contributed by atoms with Gasteiger partial charge in [-0.2, -0.15) is 11.3 Å². The number of hydrogen-bond acceptors (Lipinski definition) is 4. The summed E-state index contributed by atoms with van der Waals surface area (Å²) in [5, 5.41) is 4.08. The Morgan fingerprint density at radius 2 is 2.05 bits per heavy atom. The van der Waals surface area contributed by atoms with Crippen LogP contribution in [-0.2, 0) is 9.53 Å². The van der Waals surface area contributed by atoms with Gasteiger partial charge in [0.1, 0.15) is 11.7 Å².